The van der Waals surface area contributed by atoms with E-state index in [9.17, 15) is 0 Å². The van der Waals surface area contributed by atoms with Crippen LogP contribution in [-0.4, -0.2) is 35.1 Å². The van der Waals surface area contributed by atoms with Crippen LogP contribution in [0.15, 0.2) is 18.6 Å². The van der Waals surface area contributed by atoms with E-state index in [1.165, 1.54) is 6.42 Å². The van der Waals surface area contributed by atoms with Crippen LogP contribution in [-0.2, 0) is 0 Å². The Morgan fingerprint density at radius 3 is 2.87 bits per heavy atom. The molecule has 0 bridgehead atoms. The summed E-state index contributed by atoms with van der Waals surface area (Å²) < 4.78 is 0. The van der Waals surface area contributed by atoms with E-state index in [2.05, 4.69) is 34.0 Å². The van der Waals surface area contributed by atoms with Gasteiger partial charge in [-0.15, -0.1) is 0 Å². The molecule has 1 aliphatic rings. The minimum Gasteiger partial charge on any atom is -0.349 e. The number of hydrogen-bond donors (Lipinski definition) is 1. The highest BCUT2D eigenvalue weighted by atomic mass is 15.3. The molecule has 2 rings (SSSR count). The lowest BCUT2D eigenvalue weighted by atomic mass is 10.2. The molecule has 0 saturated carbocycles. The third-order valence-corrected chi connectivity index (χ3v) is 2.80. The van der Waals surface area contributed by atoms with Crippen molar-refractivity contribution in [3.63, 3.8) is 0 Å². The average Bonchev–Trinajstić information content (AvgIpc) is 2.72. The van der Waals surface area contributed by atoms with E-state index in [4.69, 9.17) is 0 Å². The molecule has 1 saturated heterocycles. The molecule has 0 spiro atoms. The first kappa shape index (κ1) is 10.4. The summed E-state index contributed by atoms with van der Waals surface area (Å²) >= 11 is 0. The first-order valence-electron chi connectivity index (χ1n) is 5.54. The van der Waals surface area contributed by atoms with E-state index in [-0.39, 0.29) is 0 Å². The Morgan fingerprint density at radius 2 is 2.33 bits per heavy atom. The van der Waals surface area contributed by atoms with Gasteiger partial charge >= 0.3 is 0 Å². The summed E-state index contributed by atoms with van der Waals surface area (Å²) in [4.78, 5) is 10.9. The normalized spacial score (nSPS) is 20.9. The van der Waals surface area contributed by atoms with Gasteiger partial charge in [-0.3, -0.25) is 4.98 Å². The van der Waals surface area contributed by atoms with E-state index in [1.807, 2.05) is 6.20 Å². The van der Waals surface area contributed by atoms with Crippen molar-refractivity contribution in [2.45, 2.75) is 32.4 Å². The topological polar surface area (TPSA) is 41.1 Å². The summed E-state index contributed by atoms with van der Waals surface area (Å²) in [6.07, 6.45) is 6.51. The quantitative estimate of drug-likeness (QED) is 0.802. The monoisotopic (exact) mass is 206 g/mol. The maximum Gasteiger partial charge on any atom is 0.147 e. The van der Waals surface area contributed by atoms with Crippen LogP contribution in [0.5, 0.6) is 0 Å². The van der Waals surface area contributed by atoms with Gasteiger partial charge in [0.05, 0.1) is 6.20 Å². The number of anilines is 1. The molecule has 1 N–H and O–H groups in total. The van der Waals surface area contributed by atoms with E-state index in [1.54, 1.807) is 12.4 Å². The van der Waals surface area contributed by atoms with E-state index in [0.29, 0.717) is 12.1 Å². The van der Waals surface area contributed by atoms with Gasteiger partial charge in [-0.05, 0) is 26.8 Å². The van der Waals surface area contributed by atoms with Gasteiger partial charge in [0.1, 0.15) is 5.82 Å². The summed E-state index contributed by atoms with van der Waals surface area (Å²) in [6, 6.07) is 1.02. The molecule has 2 heterocycles. The highest BCUT2D eigenvalue weighted by molar-refractivity contribution is 5.38. The van der Waals surface area contributed by atoms with Gasteiger partial charge < -0.3 is 10.2 Å². The summed E-state index contributed by atoms with van der Waals surface area (Å²) in [5.74, 6) is 0.987. The van der Waals surface area contributed by atoms with Gasteiger partial charge in [-0.1, -0.05) is 0 Å². The fourth-order valence-electron chi connectivity index (χ4n) is 2.17. The first-order valence-corrected chi connectivity index (χ1v) is 5.54. The number of aromatic nitrogens is 2. The largest absolute Gasteiger partial charge is 0.349 e. The molecule has 1 atom stereocenters. The zero-order chi connectivity index (χ0) is 10.7. The molecule has 4 nitrogen and oxygen atoms in total. The van der Waals surface area contributed by atoms with E-state index < -0.39 is 0 Å². The Balaban J connectivity index is 2.19. The van der Waals surface area contributed by atoms with Gasteiger partial charge in [0.15, 0.2) is 0 Å². The Hall–Kier alpha value is -1.16. The predicted octanol–water partition coefficient (Wildman–Crippen LogP) is 1.05. The molecule has 1 unspecified atom stereocenters. The number of rotatable bonds is 3. The highest BCUT2D eigenvalue weighted by Crippen LogP contribution is 2.19. The Kier molecular flexibility index (Phi) is 3.16. The maximum absolute atomic E-state index is 4.38. The third kappa shape index (κ3) is 2.26. The minimum atomic E-state index is 0.464. The van der Waals surface area contributed by atoms with Gasteiger partial charge in [0, 0.05) is 31.0 Å². The highest BCUT2D eigenvalue weighted by Gasteiger charge is 2.25. The van der Waals surface area contributed by atoms with Crippen LogP contribution in [0.3, 0.4) is 0 Å². The summed E-state index contributed by atoms with van der Waals surface area (Å²) in [5.41, 5.74) is 0. The molecule has 1 aliphatic heterocycles. The van der Waals surface area contributed by atoms with Crippen molar-refractivity contribution in [2.75, 3.05) is 18.0 Å². The van der Waals surface area contributed by atoms with Crippen molar-refractivity contribution in [2.24, 2.45) is 0 Å². The minimum absolute atomic E-state index is 0.464. The number of nitrogens with one attached hydrogen (secondary N) is 1. The van der Waals surface area contributed by atoms with Crippen molar-refractivity contribution < 1.29 is 0 Å². The first-order chi connectivity index (χ1) is 7.29. The number of hydrogen-bond acceptors (Lipinski definition) is 4. The van der Waals surface area contributed by atoms with Crippen molar-refractivity contribution in [3.8, 4) is 0 Å². The molecule has 1 fully saturated rings. The van der Waals surface area contributed by atoms with Crippen LogP contribution in [0, 0.1) is 0 Å². The average molecular weight is 206 g/mol. The lowest BCUT2D eigenvalue weighted by molar-refractivity contribution is 0.565. The molecule has 0 aromatic carbocycles. The second-order valence-corrected chi connectivity index (χ2v) is 4.21. The molecule has 0 radical (unpaired) electrons. The van der Waals surface area contributed by atoms with Crippen molar-refractivity contribution in [1.82, 2.24) is 15.3 Å². The SMILES string of the molecule is CC(C)N(c1cnccn1)C1CCNC1. The summed E-state index contributed by atoms with van der Waals surface area (Å²) in [5, 5.41) is 3.39. The molecule has 1 aromatic rings. The second-order valence-electron chi connectivity index (χ2n) is 4.21. The van der Waals surface area contributed by atoms with Crippen LogP contribution in [0.2, 0.25) is 0 Å². The summed E-state index contributed by atoms with van der Waals surface area (Å²) in [7, 11) is 0. The van der Waals surface area contributed by atoms with Crippen LogP contribution < -0.4 is 10.2 Å². The van der Waals surface area contributed by atoms with Crippen molar-refractivity contribution in [1.29, 1.82) is 0 Å². The molecule has 1 aromatic heterocycles. The smallest absolute Gasteiger partial charge is 0.147 e. The fourth-order valence-corrected chi connectivity index (χ4v) is 2.17. The molecule has 4 heteroatoms. The molecule has 82 valence electrons. The zero-order valence-corrected chi connectivity index (χ0v) is 9.35. The van der Waals surface area contributed by atoms with Crippen LogP contribution in [0.25, 0.3) is 0 Å². The summed E-state index contributed by atoms with van der Waals surface area (Å²) in [6.45, 7) is 6.56. The zero-order valence-electron chi connectivity index (χ0n) is 9.35. The Labute approximate surface area is 90.7 Å². The Morgan fingerprint density at radius 1 is 1.47 bits per heavy atom. The van der Waals surface area contributed by atoms with Gasteiger partial charge in [-0.25, -0.2) is 4.98 Å². The van der Waals surface area contributed by atoms with Crippen LogP contribution in [0.4, 0.5) is 5.82 Å². The van der Waals surface area contributed by atoms with Crippen LogP contribution in [0.1, 0.15) is 20.3 Å². The second kappa shape index (κ2) is 4.57. The molecule has 15 heavy (non-hydrogen) atoms. The van der Waals surface area contributed by atoms with Gasteiger partial charge in [0.2, 0.25) is 0 Å². The molecule has 0 amide bonds. The number of nitrogens with zero attached hydrogens (tertiary/aromatic N) is 3. The fraction of sp³-hybridized carbons (Fsp3) is 0.636. The predicted molar refractivity (Wildman–Crippen MR) is 60.9 cm³/mol. The van der Waals surface area contributed by atoms with Gasteiger partial charge in [0.25, 0.3) is 0 Å². The standard InChI is InChI=1S/C11H18N4/c1-9(2)15(10-3-4-12-7-10)11-8-13-5-6-14-11/h5-6,8-10,12H,3-4,7H2,1-2H3. The van der Waals surface area contributed by atoms with Crippen molar-refractivity contribution in [3.05, 3.63) is 18.6 Å². The van der Waals surface area contributed by atoms with E-state index in [0.717, 1.165) is 18.9 Å². The molecular formula is C11H18N4. The van der Waals surface area contributed by atoms with Gasteiger partial charge in [-0.2, -0.15) is 0 Å². The maximum atomic E-state index is 4.38. The third-order valence-electron chi connectivity index (χ3n) is 2.80. The lowest BCUT2D eigenvalue weighted by Crippen LogP contribution is -2.42. The van der Waals surface area contributed by atoms with Crippen molar-refractivity contribution >= 4 is 5.82 Å². The lowest BCUT2D eigenvalue weighted by Gasteiger charge is -2.33. The Bertz CT molecular complexity index is 293. The van der Waals surface area contributed by atoms with E-state index >= 15 is 0 Å². The van der Waals surface area contributed by atoms with Crippen LogP contribution >= 0.6 is 0 Å². The molecular weight excluding hydrogens is 188 g/mol. The molecule has 0 aliphatic carbocycles.